The van der Waals surface area contributed by atoms with Crippen LogP contribution in [0.25, 0.3) is 0 Å². The fraction of sp³-hybridized carbons (Fsp3) is 0.310. The maximum absolute atomic E-state index is 12.1. The summed E-state index contributed by atoms with van der Waals surface area (Å²) >= 11 is 0. The lowest BCUT2D eigenvalue weighted by Crippen LogP contribution is -2.17. The van der Waals surface area contributed by atoms with E-state index in [9.17, 15) is 14.7 Å². The first-order chi connectivity index (χ1) is 17.4. The number of ether oxygens (including phenoxy) is 2. The average molecular weight is 490 g/mol. The number of amides is 1. The molecule has 188 valence electrons. The van der Waals surface area contributed by atoms with Gasteiger partial charge in [0.05, 0.1) is 6.61 Å². The molecule has 0 unspecified atom stereocenters. The number of carboxylic acid groups (broad SMARTS) is 1. The Hall–Kier alpha value is -4.00. The Bertz CT molecular complexity index is 1270. The third-order valence-corrected chi connectivity index (χ3v) is 6.37. The SMILES string of the molecule is CCc1c(O)ccc(Oc2c(C)cc(NC(=O)CC(=O)O)c3c2CCC3)c1OCCc1ccccc1. The topological polar surface area (TPSA) is 105 Å². The first kappa shape index (κ1) is 25.1. The van der Waals surface area contributed by atoms with Gasteiger partial charge in [0, 0.05) is 23.2 Å². The number of rotatable bonds is 10. The summed E-state index contributed by atoms with van der Waals surface area (Å²) in [5, 5.41) is 22.1. The van der Waals surface area contributed by atoms with E-state index in [1.165, 1.54) is 0 Å². The molecule has 0 saturated carbocycles. The molecule has 0 radical (unpaired) electrons. The van der Waals surface area contributed by atoms with E-state index in [4.69, 9.17) is 14.6 Å². The minimum absolute atomic E-state index is 0.165. The predicted molar refractivity (Wildman–Crippen MR) is 137 cm³/mol. The largest absolute Gasteiger partial charge is 0.508 e. The number of carbonyl (C=O) groups is 2. The van der Waals surface area contributed by atoms with E-state index in [1.807, 2.05) is 50.2 Å². The highest BCUT2D eigenvalue weighted by Gasteiger charge is 2.25. The van der Waals surface area contributed by atoms with E-state index in [0.717, 1.165) is 47.9 Å². The lowest BCUT2D eigenvalue weighted by molar-refractivity contribution is -0.139. The van der Waals surface area contributed by atoms with Gasteiger partial charge >= 0.3 is 5.97 Å². The number of phenols is 1. The summed E-state index contributed by atoms with van der Waals surface area (Å²) in [5.41, 5.74) is 5.28. The lowest BCUT2D eigenvalue weighted by atomic mass is 10.0. The van der Waals surface area contributed by atoms with Crippen molar-refractivity contribution in [1.82, 2.24) is 0 Å². The van der Waals surface area contributed by atoms with Crippen LogP contribution in [-0.2, 0) is 35.3 Å². The molecular weight excluding hydrogens is 458 g/mol. The number of anilines is 1. The van der Waals surface area contributed by atoms with Gasteiger partial charge in [-0.2, -0.15) is 0 Å². The molecule has 0 heterocycles. The Morgan fingerprint density at radius 3 is 2.50 bits per heavy atom. The van der Waals surface area contributed by atoms with E-state index in [0.29, 0.717) is 41.5 Å². The van der Waals surface area contributed by atoms with Gasteiger partial charge in [-0.1, -0.05) is 37.3 Å². The number of aromatic hydroxyl groups is 1. The number of carbonyl (C=O) groups excluding carboxylic acids is 1. The summed E-state index contributed by atoms with van der Waals surface area (Å²) < 4.78 is 12.7. The minimum Gasteiger partial charge on any atom is -0.508 e. The fourth-order valence-corrected chi connectivity index (χ4v) is 4.69. The van der Waals surface area contributed by atoms with Crippen molar-refractivity contribution in [3.8, 4) is 23.0 Å². The molecule has 7 nitrogen and oxygen atoms in total. The summed E-state index contributed by atoms with van der Waals surface area (Å²) in [6, 6.07) is 15.2. The first-order valence-electron chi connectivity index (χ1n) is 12.2. The molecule has 1 amide bonds. The van der Waals surface area contributed by atoms with E-state index < -0.39 is 18.3 Å². The molecule has 1 aliphatic rings. The number of aryl methyl sites for hydroxylation is 1. The van der Waals surface area contributed by atoms with E-state index >= 15 is 0 Å². The fourth-order valence-electron chi connectivity index (χ4n) is 4.69. The van der Waals surface area contributed by atoms with Gasteiger partial charge in [0.2, 0.25) is 5.91 Å². The van der Waals surface area contributed by atoms with Crippen LogP contribution in [0.2, 0.25) is 0 Å². The van der Waals surface area contributed by atoms with Crippen molar-refractivity contribution in [2.45, 2.75) is 52.4 Å². The molecule has 0 saturated heterocycles. The van der Waals surface area contributed by atoms with Gasteiger partial charge < -0.3 is 25.0 Å². The summed E-state index contributed by atoms with van der Waals surface area (Å²) in [7, 11) is 0. The van der Waals surface area contributed by atoms with E-state index in [1.54, 1.807) is 12.1 Å². The first-order valence-corrected chi connectivity index (χ1v) is 12.2. The smallest absolute Gasteiger partial charge is 0.312 e. The van der Waals surface area contributed by atoms with Crippen molar-refractivity contribution in [3.05, 3.63) is 76.3 Å². The maximum Gasteiger partial charge on any atom is 0.312 e. The lowest BCUT2D eigenvalue weighted by Gasteiger charge is -2.21. The standard InChI is InChI=1S/C29H31NO6/c1-3-20-24(31)12-13-25(29(20)35-15-14-19-8-5-4-6-9-19)36-28-18(2)16-23(21-10-7-11-22(21)28)30-26(32)17-27(33)34/h4-6,8-9,12-13,16,31H,3,7,10-11,14-15,17H2,1-2H3,(H,30,32)(H,33,34). The number of hydrogen-bond donors (Lipinski definition) is 3. The van der Waals surface area contributed by atoms with Crippen molar-refractivity contribution in [2.24, 2.45) is 0 Å². The zero-order chi connectivity index (χ0) is 25.7. The van der Waals surface area contributed by atoms with Crippen molar-refractivity contribution in [1.29, 1.82) is 0 Å². The highest BCUT2D eigenvalue weighted by Crippen LogP contribution is 2.45. The molecule has 36 heavy (non-hydrogen) atoms. The van der Waals surface area contributed by atoms with Crippen LogP contribution >= 0.6 is 0 Å². The summed E-state index contributed by atoms with van der Waals surface area (Å²) in [4.78, 5) is 23.0. The molecule has 0 aliphatic heterocycles. The highest BCUT2D eigenvalue weighted by atomic mass is 16.5. The second-order valence-corrected chi connectivity index (χ2v) is 8.93. The van der Waals surface area contributed by atoms with Crippen LogP contribution in [0.3, 0.4) is 0 Å². The quantitative estimate of drug-likeness (QED) is 0.321. The number of aliphatic carboxylic acids is 1. The number of fused-ring (bicyclic) bond motifs is 1. The highest BCUT2D eigenvalue weighted by molar-refractivity contribution is 6.02. The second kappa shape index (κ2) is 11.2. The van der Waals surface area contributed by atoms with Crippen molar-refractivity contribution in [3.63, 3.8) is 0 Å². The minimum atomic E-state index is -1.17. The van der Waals surface area contributed by atoms with Crippen LogP contribution in [0.15, 0.2) is 48.5 Å². The van der Waals surface area contributed by atoms with Gasteiger partial charge in [-0.15, -0.1) is 0 Å². The maximum atomic E-state index is 12.1. The molecule has 3 aromatic rings. The third-order valence-electron chi connectivity index (χ3n) is 6.37. The zero-order valence-electron chi connectivity index (χ0n) is 20.6. The van der Waals surface area contributed by atoms with Gasteiger partial charge in [0.1, 0.15) is 17.9 Å². The van der Waals surface area contributed by atoms with Gasteiger partial charge in [-0.05, 0) is 67.5 Å². The van der Waals surface area contributed by atoms with Crippen molar-refractivity contribution in [2.75, 3.05) is 11.9 Å². The predicted octanol–water partition coefficient (Wildman–Crippen LogP) is 5.58. The van der Waals surface area contributed by atoms with Crippen molar-refractivity contribution >= 4 is 17.6 Å². The Morgan fingerprint density at radius 2 is 1.78 bits per heavy atom. The summed E-state index contributed by atoms with van der Waals surface area (Å²) in [6.07, 6.45) is 3.19. The Balaban J connectivity index is 1.63. The van der Waals surface area contributed by atoms with Crippen molar-refractivity contribution < 1.29 is 29.3 Å². The van der Waals surface area contributed by atoms with Gasteiger partial charge in [0.25, 0.3) is 0 Å². The number of nitrogens with one attached hydrogen (secondary N) is 1. The van der Waals surface area contributed by atoms with Gasteiger partial charge in [-0.3, -0.25) is 9.59 Å². The zero-order valence-corrected chi connectivity index (χ0v) is 20.6. The molecule has 4 rings (SSSR count). The molecule has 3 aromatic carbocycles. The van der Waals surface area contributed by atoms with Crippen LogP contribution in [0.5, 0.6) is 23.0 Å². The monoisotopic (exact) mass is 489 g/mol. The normalized spacial score (nSPS) is 12.2. The molecule has 0 aromatic heterocycles. The van der Waals surface area contributed by atoms with Gasteiger partial charge in [0.15, 0.2) is 11.5 Å². The molecule has 0 fully saturated rings. The average Bonchev–Trinajstić information content (AvgIpc) is 3.33. The second-order valence-electron chi connectivity index (χ2n) is 8.93. The Morgan fingerprint density at radius 1 is 1.03 bits per heavy atom. The van der Waals surface area contributed by atoms with Crippen LogP contribution < -0.4 is 14.8 Å². The van der Waals surface area contributed by atoms with Crippen LogP contribution in [0.1, 0.15) is 47.6 Å². The molecule has 1 aliphatic carbocycles. The number of phenolic OH excluding ortho intramolecular Hbond substituents is 1. The summed E-state index contributed by atoms with van der Waals surface area (Å²) in [6.45, 7) is 4.29. The van der Waals surface area contributed by atoms with Crippen LogP contribution in [-0.4, -0.2) is 28.7 Å². The Labute approximate surface area is 210 Å². The van der Waals surface area contributed by atoms with Crippen LogP contribution in [0.4, 0.5) is 5.69 Å². The number of carboxylic acids is 1. The number of benzene rings is 3. The molecule has 0 bridgehead atoms. The molecular formula is C29H31NO6. The molecule has 7 heteroatoms. The third kappa shape index (κ3) is 5.62. The molecule has 0 atom stereocenters. The van der Waals surface area contributed by atoms with E-state index in [2.05, 4.69) is 5.32 Å². The molecule has 0 spiro atoms. The summed E-state index contributed by atoms with van der Waals surface area (Å²) in [5.74, 6) is 0.206. The Kier molecular flexibility index (Phi) is 7.78. The molecule has 3 N–H and O–H groups in total. The van der Waals surface area contributed by atoms with E-state index in [-0.39, 0.29) is 5.75 Å². The van der Waals surface area contributed by atoms with Crippen LogP contribution in [0, 0.1) is 6.92 Å². The van der Waals surface area contributed by atoms with Gasteiger partial charge in [-0.25, -0.2) is 0 Å². The number of hydrogen-bond acceptors (Lipinski definition) is 5.